The van der Waals surface area contributed by atoms with Gasteiger partial charge >= 0.3 is 0 Å². The third-order valence-electron chi connectivity index (χ3n) is 1.94. The van der Waals surface area contributed by atoms with Crippen LogP contribution in [0.15, 0.2) is 29.2 Å². The minimum absolute atomic E-state index is 0.276. The third kappa shape index (κ3) is 3.14. The average Bonchev–Trinajstić information content (AvgIpc) is 2.17. The molecule has 0 aliphatic heterocycles. The molecule has 3 heteroatoms. The normalized spacial score (nSPS) is 13.3. The molecule has 0 radical (unpaired) electrons. The summed E-state index contributed by atoms with van der Waals surface area (Å²) in [5.74, 6) is 0.276. The molecule has 1 aromatic carbocycles. The van der Waals surface area contributed by atoms with Gasteiger partial charge in [-0.2, -0.15) is 0 Å². The maximum atomic E-state index is 9.75. The molecule has 13 heavy (non-hydrogen) atoms. The lowest BCUT2D eigenvalue weighted by Gasteiger charge is -2.14. The van der Waals surface area contributed by atoms with Crippen LogP contribution in [0, 0.1) is 5.92 Å². The van der Waals surface area contributed by atoms with E-state index >= 15 is 0 Å². The fourth-order valence-electron chi connectivity index (χ4n) is 1.10. The molecule has 0 heterocycles. The number of rotatable bonds is 3. The summed E-state index contributed by atoms with van der Waals surface area (Å²) in [4.78, 5) is 1.22. The van der Waals surface area contributed by atoms with E-state index in [9.17, 15) is 5.11 Å². The van der Waals surface area contributed by atoms with E-state index in [1.807, 2.05) is 38.1 Å². The molecule has 72 valence electrons. The molecule has 0 saturated heterocycles. The van der Waals surface area contributed by atoms with Crippen LogP contribution in [0.25, 0.3) is 0 Å². The first-order chi connectivity index (χ1) is 6.15. The zero-order valence-corrected chi connectivity index (χ0v) is 10.7. The van der Waals surface area contributed by atoms with Gasteiger partial charge in [0, 0.05) is 26.1 Å². The van der Waals surface area contributed by atoms with E-state index in [2.05, 4.69) is 21.2 Å². The van der Waals surface area contributed by atoms with Crippen LogP contribution in [0.2, 0.25) is 0 Å². The first-order valence-electron chi connectivity index (χ1n) is 4.21. The number of hydrogen-bond donors (Lipinski definition) is 1. The Morgan fingerprint density at radius 2 is 1.77 bits per heavy atom. The molecule has 0 fully saturated rings. The summed E-state index contributed by atoms with van der Waals surface area (Å²) < 4.78 is 0. The first kappa shape index (κ1) is 11.3. The van der Waals surface area contributed by atoms with E-state index in [-0.39, 0.29) is 12.0 Å². The predicted molar refractivity (Wildman–Crippen MR) is 66.1 cm³/mol. The average molecular weight is 308 g/mol. The summed E-state index contributed by atoms with van der Waals surface area (Å²) in [6.07, 6.45) is -0.340. The van der Waals surface area contributed by atoms with Crippen molar-refractivity contribution in [3.05, 3.63) is 29.8 Å². The fourth-order valence-corrected chi connectivity index (χ4v) is 2.22. The van der Waals surface area contributed by atoms with Crippen LogP contribution in [0.4, 0.5) is 0 Å². The van der Waals surface area contributed by atoms with Gasteiger partial charge < -0.3 is 5.11 Å². The molecule has 0 bridgehead atoms. The van der Waals surface area contributed by atoms with Gasteiger partial charge in [-0.1, -0.05) is 34.9 Å². The maximum Gasteiger partial charge on any atom is 0.0812 e. The van der Waals surface area contributed by atoms with E-state index in [1.54, 1.807) is 8.93 Å². The van der Waals surface area contributed by atoms with Crippen molar-refractivity contribution in [2.45, 2.75) is 24.8 Å². The van der Waals surface area contributed by atoms with Gasteiger partial charge in [0.2, 0.25) is 0 Å². The van der Waals surface area contributed by atoms with Crippen molar-refractivity contribution >= 4 is 30.1 Å². The van der Waals surface area contributed by atoms with Crippen molar-refractivity contribution in [1.82, 2.24) is 0 Å². The molecule has 1 unspecified atom stereocenters. The molecule has 1 N–H and O–H groups in total. The van der Waals surface area contributed by atoms with Gasteiger partial charge in [-0.15, -0.1) is 0 Å². The molecule has 1 atom stereocenters. The number of benzene rings is 1. The Hall–Kier alpha value is 0.260. The van der Waals surface area contributed by atoms with E-state index in [0.717, 1.165) is 5.56 Å². The molecule has 0 saturated carbocycles. The SMILES string of the molecule is CC(C)C(O)c1ccc(SI)cc1. The van der Waals surface area contributed by atoms with Crippen molar-refractivity contribution in [1.29, 1.82) is 0 Å². The van der Waals surface area contributed by atoms with Gasteiger partial charge in [-0.25, -0.2) is 0 Å². The van der Waals surface area contributed by atoms with Crippen LogP contribution < -0.4 is 0 Å². The molecule has 0 aliphatic rings. The molecule has 0 amide bonds. The second kappa shape index (κ2) is 5.22. The lowest BCUT2D eigenvalue weighted by molar-refractivity contribution is 0.127. The van der Waals surface area contributed by atoms with Gasteiger partial charge in [0.15, 0.2) is 0 Å². The van der Waals surface area contributed by atoms with Gasteiger partial charge in [0.05, 0.1) is 6.10 Å². The minimum atomic E-state index is -0.340. The number of aliphatic hydroxyl groups is 1. The fraction of sp³-hybridized carbons (Fsp3) is 0.400. The highest BCUT2D eigenvalue weighted by atomic mass is 127. The van der Waals surface area contributed by atoms with Crippen molar-refractivity contribution in [2.24, 2.45) is 5.92 Å². The lowest BCUT2D eigenvalue weighted by Crippen LogP contribution is -2.04. The third-order valence-corrected chi connectivity index (χ3v) is 3.92. The van der Waals surface area contributed by atoms with Crippen molar-refractivity contribution in [3.8, 4) is 0 Å². The Kier molecular flexibility index (Phi) is 4.55. The van der Waals surface area contributed by atoms with Crippen LogP contribution in [-0.4, -0.2) is 5.11 Å². The van der Waals surface area contributed by atoms with Crippen molar-refractivity contribution in [2.75, 3.05) is 0 Å². The molecule has 1 nitrogen and oxygen atoms in total. The Morgan fingerprint density at radius 3 is 2.15 bits per heavy atom. The van der Waals surface area contributed by atoms with Crippen molar-refractivity contribution in [3.63, 3.8) is 0 Å². The largest absolute Gasteiger partial charge is 0.388 e. The van der Waals surface area contributed by atoms with E-state index in [4.69, 9.17) is 0 Å². The summed E-state index contributed by atoms with van der Waals surface area (Å²) in [5, 5.41) is 9.75. The highest BCUT2D eigenvalue weighted by Gasteiger charge is 2.10. The molecule has 0 aromatic heterocycles. The predicted octanol–water partition coefficient (Wildman–Crippen LogP) is 3.82. The summed E-state index contributed by atoms with van der Waals surface area (Å²) in [5.41, 5.74) is 1.00. The standard InChI is InChI=1S/C10H13IOS/c1-7(2)10(12)8-3-5-9(13-11)6-4-8/h3-7,10,12H,1-2H3. The monoisotopic (exact) mass is 308 g/mol. The van der Waals surface area contributed by atoms with E-state index in [0.29, 0.717) is 0 Å². The zero-order valence-electron chi connectivity index (χ0n) is 7.70. The second-order valence-electron chi connectivity index (χ2n) is 3.34. The Morgan fingerprint density at radius 1 is 1.23 bits per heavy atom. The zero-order chi connectivity index (χ0) is 9.84. The van der Waals surface area contributed by atoms with Crippen LogP contribution >= 0.6 is 30.1 Å². The highest BCUT2D eigenvalue weighted by Crippen LogP contribution is 2.27. The first-order valence-corrected chi connectivity index (χ1v) is 7.57. The minimum Gasteiger partial charge on any atom is -0.388 e. The number of halogens is 1. The maximum absolute atomic E-state index is 9.75. The lowest BCUT2D eigenvalue weighted by atomic mass is 9.99. The van der Waals surface area contributed by atoms with Gasteiger partial charge in [0.25, 0.3) is 0 Å². The second-order valence-corrected chi connectivity index (χ2v) is 5.28. The Labute approximate surface area is 95.5 Å². The topological polar surface area (TPSA) is 20.2 Å². The van der Waals surface area contributed by atoms with Gasteiger partial charge in [-0.3, -0.25) is 0 Å². The molecule has 0 spiro atoms. The molecular formula is C10H13IOS. The number of hydrogen-bond acceptors (Lipinski definition) is 2. The van der Waals surface area contributed by atoms with E-state index in [1.165, 1.54) is 4.90 Å². The summed E-state index contributed by atoms with van der Waals surface area (Å²) in [6.45, 7) is 4.04. The Bertz CT molecular complexity index is 258. The quantitative estimate of drug-likeness (QED) is 0.857. The summed E-state index contributed by atoms with van der Waals surface area (Å²) in [7, 11) is 1.69. The van der Waals surface area contributed by atoms with Crippen LogP contribution in [0.5, 0.6) is 0 Å². The van der Waals surface area contributed by atoms with Crippen molar-refractivity contribution < 1.29 is 5.11 Å². The van der Waals surface area contributed by atoms with Crippen LogP contribution in [0.3, 0.4) is 0 Å². The van der Waals surface area contributed by atoms with Crippen LogP contribution in [-0.2, 0) is 0 Å². The smallest absolute Gasteiger partial charge is 0.0812 e. The molecule has 1 aromatic rings. The van der Waals surface area contributed by atoms with Gasteiger partial charge in [-0.05, 0) is 23.6 Å². The van der Waals surface area contributed by atoms with Gasteiger partial charge in [0.1, 0.15) is 0 Å². The summed E-state index contributed by atoms with van der Waals surface area (Å²) in [6, 6.07) is 8.06. The summed E-state index contributed by atoms with van der Waals surface area (Å²) >= 11 is 2.25. The highest BCUT2D eigenvalue weighted by molar-refractivity contribution is 14.2. The molecular weight excluding hydrogens is 295 g/mol. The Balaban J connectivity index is 2.79. The molecule has 0 aliphatic carbocycles. The number of aliphatic hydroxyl groups excluding tert-OH is 1. The van der Waals surface area contributed by atoms with E-state index < -0.39 is 0 Å². The molecule has 1 rings (SSSR count). The van der Waals surface area contributed by atoms with Crippen LogP contribution in [0.1, 0.15) is 25.5 Å².